The first-order valence-corrected chi connectivity index (χ1v) is 9.93. The number of benzene rings is 2. The maximum Gasteiger partial charge on any atom is 0.118 e. The number of aryl methyl sites for hydroxylation is 1. The van der Waals surface area contributed by atoms with Crippen LogP contribution in [0, 0.1) is 17.8 Å². The molecule has 0 heterocycles. The average Bonchev–Trinajstić information content (AvgIpc) is 2.67. The smallest absolute Gasteiger partial charge is 0.118 e. The Balaban J connectivity index is 1.55. The second-order valence-corrected chi connectivity index (χ2v) is 7.79. The highest BCUT2D eigenvalue weighted by molar-refractivity contribution is 5.64. The highest BCUT2D eigenvalue weighted by Crippen LogP contribution is 2.37. The Labute approximate surface area is 153 Å². The van der Waals surface area contributed by atoms with Gasteiger partial charge in [-0.1, -0.05) is 63.1 Å². The van der Waals surface area contributed by atoms with Gasteiger partial charge in [-0.2, -0.15) is 0 Å². The van der Waals surface area contributed by atoms with Gasteiger partial charge in [0.2, 0.25) is 0 Å². The molecular formula is C24H32O. The van der Waals surface area contributed by atoms with E-state index in [-0.39, 0.29) is 0 Å². The Morgan fingerprint density at radius 2 is 1.56 bits per heavy atom. The minimum atomic E-state index is 0.900. The second-order valence-electron chi connectivity index (χ2n) is 7.79. The first-order chi connectivity index (χ1) is 12.2. The normalized spacial score (nSPS) is 23.4. The lowest BCUT2D eigenvalue weighted by Crippen LogP contribution is -2.23. The van der Waals surface area contributed by atoms with Crippen molar-refractivity contribution in [1.29, 1.82) is 0 Å². The molecule has 3 unspecified atom stereocenters. The number of hydrogen-bond donors (Lipinski definition) is 0. The van der Waals surface area contributed by atoms with Crippen LogP contribution in [0.25, 0.3) is 11.1 Å². The lowest BCUT2D eigenvalue weighted by Gasteiger charge is -2.34. The second kappa shape index (κ2) is 8.56. The predicted octanol–water partition coefficient (Wildman–Crippen LogP) is 6.76. The molecule has 2 aromatic carbocycles. The van der Waals surface area contributed by atoms with Crippen LogP contribution in [0.2, 0.25) is 0 Å². The van der Waals surface area contributed by atoms with Crippen LogP contribution in [-0.4, -0.2) is 7.11 Å². The molecule has 0 aliphatic heterocycles. The molecule has 1 nitrogen and oxygen atoms in total. The number of rotatable bonds is 6. The lowest BCUT2D eigenvalue weighted by molar-refractivity contribution is 0.181. The Kier molecular flexibility index (Phi) is 6.18. The van der Waals surface area contributed by atoms with E-state index in [1.807, 2.05) is 12.1 Å². The van der Waals surface area contributed by atoms with Crippen molar-refractivity contribution in [3.05, 3.63) is 54.1 Å². The summed E-state index contributed by atoms with van der Waals surface area (Å²) >= 11 is 0. The fourth-order valence-electron chi connectivity index (χ4n) is 4.37. The van der Waals surface area contributed by atoms with Crippen LogP contribution in [0.3, 0.4) is 0 Å². The summed E-state index contributed by atoms with van der Waals surface area (Å²) in [5, 5.41) is 0. The molecule has 2 aromatic rings. The molecule has 1 heteroatoms. The van der Waals surface area contributed by atoms with E-state index < -0.39 is 0 Å². The van der Waals surface area contributed by atoms with E-state index in [1.54, 1.807) is 7.11 Å². The van der Waals surface area contributed by atoms with Gasteiger partial charge in [0.05, 0.1) is 7.11 Å². The van der Waals surface area contributed by atoms with Crippen molar-refractivity contribution in [2.24, 2.45) is 17.8 Å². The van der Waals surface area contributed by atoms with Crippen molar-refractivity contribution in [1.82, 2.24) is 0 Å². The molecule has 0 saturated heterocycles. The first-order valence-electron chi connectivity index (χ1n) is 9.93. The molecule has 1 fully saturated rings. The molecule has 1 saturated carbocycles. The van der Waals surface area contributed by atoms with Gasteiger partial charge in [0.25, 0.3) is 0 Å². The van der Waals surface area contributed by atoms with Crippen LogP contribution in [0.5, 0.6) is 5.75 Å². The molecule has 1 aliphatic carbocycles. The summed E-state index contributed by atoms with van der Waals surface area (Å²) in [4.78, 5) is 0. The molecule has 0 spiro atoms. The minimum absolute atomic E-state index is 0.900. The van der Waals surface area contributed by atoms with Gasteiger partial charge in [-0.3, -0.25) is 0 Å². The molecule has 0 N–H and O–H groups in total. The molecule has 0 aromatic heterocycles. The quantitative estimate of drug-likeness (QED) is 0.566. The van der Waals surface area contributed by atoms with Crippen molar-refractivity contribution in [3.8, 4) is 16.9 Å². The minimum Gasteiger partial charge on any atom is -0.497 e. The maximum atomic E-state index is 5.24. The zero-order valence-corrected chi connectivity index (χ0v) is 16.0. The maximum absolute atomic E-state index is 5.24. The number of methoxy groups -OCH3 is 1. The van der Waals surface area contributed by atoms with Gasteiger partial charge in [0.15, 0.2) is 0 Å². The van der Waals surface area contributed by atoms with Crippen LogP contribution in [-0.2, 0) is 6.42 Å². The molecule has 3 rings (SSSR count). The topological polar surface area (TPSA) is 9.23 Å². The molecule has 0 bridgehead atoms. The molecule has 0 radical (unpaired) electrons. The van der Waals surface area contributed by atoms with Crippen molar-refractivity contribution in [2.45, 2.75) is 52.4 Å². The third-order valence-corrected chi connectivity index (χ3v) is 6.21. The summed E-state index contributed by atoms with van der Waals surface area (Å²) in [6.45, 7) is 4.82. The van der Waals surface area contributed by atoms with Gasteiger partial charge >= 0.3 is 0 Å². The van der Waals surface area contributed by atoms with Gasteiger partial charge < -0.3 is 4.74 Å². The molecule has 134 valence electrons. The summed E-state index contributed by atoms with van der Waals surface area (Å²) in [5.41, 5.74) is 4.00. The highest BCUT2D eigenvalue weighted by Gasteiger charge is 2.26. The average molecular weight is 337 g/mol. The van der Waals surface area contributed by atoms with Crippen LogP contribution in [0.4, 0.5) is 0 Å². The van der Waals surface area contributed by atoms with Crippen molar-refractivity contribution in [2.75, 3.05) is 7.11 Å². The largest absolute Gasteiger partial charge is 0.497 e. The summed E-state index contributed by atoms with van der Waals surface area (Å²) in [6, 6.07) is 17.4. The highest BCUT2D eigenvalue weighted by atomic mass is 16.5. The van der Waals surface area contributed by atoms with Crippen molar-refractivity contribution >= 4 is 0 Å². The van der Waals surface area contributed by atoms with E-state index in [4.69, 9.17) is 4.74 Å². The van der Waals surface area contributed by atoms with Crippen LogP contribution < -0.4 is 4.74 Å². The van der Waals surface area contributed by atoms with E-state index in [0.717, 1.165) is 23.5 Å². The molecule has 25 heavy (non-hydrogen) atoms. The lowest BCUT2D eigenvalue weighted by atomic mass is 9.72. The Bertz CT molecular complexity index is 641. The Hall–Kier alpha value is -1.76. The summed E-state index contributed by atoms with van der Waals surface area (Å²) in [5.74, 6) is 3.71. The fourth-order valence-corrected chi connectivity index (χ4v) is 4.37. The summed E-state index contributed by atoms with van der Waals surface area (Å²) < 4.78 is 5.24. The zero-order valence-electron chi connectivity index (χ0n) is 16.0. The van der Waals surface area contributed by atoms with E-state index in [1.165, 1.54) is 55.2 Å². The van der Waals surface area contributed by atoms with Gasteiger partial charge in [-0.15, -0.1) is 0 Å². The van der Waals surface area contributed by atoms with Gasteiger partial charge in [0, 0.05) is 0 Å². The molecule has 0 amide bonds. The van der Waals surface area contributed by atoms with E-state index in [0.29, 0.717) is 0 Å². The Morgan fingerprint density at radius 3 is 2.12 bits per heavy atom. The molecular weight excluding hydrogens is 304 g/mol. The standard InChI is InChI=1S/C24H32O/c1-4-19-5-9-21(18(2)17-19)10-6-20-7-11-22(12-8-20)23-13-15-24(25-3)16-14-23/h7-8,11-16,18-19,21H,4-6,9-10,17H2,1-3H3. The molecule has 1 aliphatic rings. The van der Waals surface area contributed by atoms with Gasteiger partial charge in [-0.05, 0) is 72.3 Å². The first kappa shape index (κ1) is 18.0. The zero-order chi connectivity index (χ0) is 17.6. The van der Waals surface area contributed by atoms with Crippen molar-refractivity contribution in [3.63, 3.8) is 0 Å². The van der Waals surface area contributed by atoms with Crippen LogP contribution >= 0.6 is 0 Å². The predicted molar refractivity (Wildman–Crippen MR) is 107 cm³/mol. The van der Waals surface area contributed by atoms with Crippen LogP contribution in [0.1, 0.15) is 51.5 Å². The van der Waals surface area contributed by atoms with E-state index >= 15 is 0 Å². The van der Waals surface area contributed by atoms with E-state index in [9.17, 15) is 0 Å². The van der Waals surface area contributed by atoms with Gasteiger partial charge in [-0.25, -0.2) is 0 Å². The van der Waals surface area contributed by atoms with E-state index in [2.05, 4.69) is 50.2 Å². The fraction of sp³-hybridized carbons (Fsp3) is 0.500. The van der Waals surface area contributed by atoms with Crippen molar-refractivity contribution < 1.29 is 4.74 Å². The third-order valence-electron chi connectivity index (χ3n) is 6.21. The third kappa shape index (κ3) is 4.66. The Morgan fingerprint density at radius 1 is 0.920 bits per heavy atom. The molecule has 3 atom stereocenters. The number of hydrogen-bond acceptors (Lipinski definition) is 1. The van der Waals surface area contributed by atoms with Crippen LogP contribution in [0.15, 0.2) is 48.5 Å². The summed E-state index contributed by atoms with van der Waals surface area (Å²) in [6.07, 6.45) is 8.25. The summed E-state index contributed by atoms with van der Waals surface area (Å²) in [7, 11) is 1.71. The monoisotopic (exact) mass is 336 g/mol. The van der Waals surface area contributed by atoms with Gasteiger partial charge in [0.1, 0.15) is 5.75 Å². The SMILES string of the molecule is CCC1CCC(CCc2ccc(-c3ccc(OC)cc3)cc2)C(C)C1. The number of ether oxygens (including phenoxy) is 1.